The van der Waals surface area contributed by atoms with Crippen LogP contribution in [0.2, 0.25) is 0 Å². The molecule has 0 amide bonds. The number of anilines is 1. The average molecular weight is 670 g/mol. The van der Waals surface area contributed by atoms with E-state index in [4.69, 9.17) is 0 Å². The van der Waals surface area contributed by atoms with Crippen molar-refractivity contribution in [3.05, 3.63) is 108 Å². The highest BCUT2D eigenvalue weighted by Gasteiger charge is 2.74. The van der Waals surface area contributed by atoms with Crippen molar-refractivity contribution in [2.75, 3.05) is 37.6 Å². The van der Waals surface area contributed by atoms with E-state index in [1.807, 2.05) is 54.7 Å². The van der Waals surface area contributed by atoms with Crippen LogP contribution >= 0.6 is 0 Å². The molecule has 260 valence electrons. The molecule has 2 aromatic carbocycles. The van der Waals surface area contributed by atoms with Gasteiger partial charge in [0.2, 0.25) is 0 Å². The van der Waals surface area contributed by atoms with E-state index in [-0.39, 0.29) is 40.0 Å². The molecule has 1 aromatic heterocycles. The number of hydrogen-bond donors (Lipinski definition) is 2. The molecule has 2 bridgehead atoms. The second-order valence-electron chi connectivity index (χ2n) is 17.0. The molecule has 6 nitrogen and oxygen atoms in total. The Labute approximate surface area is 296 Å². The Morgan fingerprint density at radius 2 is 1.52 bits per heavy atom. The molecule has 0 radical (unpaired) electrons. The minimum atomic E-state index is -0.843. The SMILES string of the molecule is C[C@]12CC[C@H]3[C@]4(C=C[C@@]5(C=C4C(=O)c4ccccc4-c4ccccc4)CC(O)CC[C@]35C)[C@@H]1CC[C@@]2(O)CN1CCN(c2ccccn2)CC1. The number of Topliss-reactive ketones (excluding diaryl/α,β-unsaturated/α-hetero) is 1. The summed E-state index contributed by atoms with van der Waals surface area (Å²) in [5, 5.41) is 24.0. The first-order valence-electron chi connectivity index (χ1n) is 19.0. The summed E-state index contributed by atoms with van der Waals surface area (Å²) < 4.78 is 0. The van der Waals surface area contributed by atoms with Gasteiger partial charge in [-0.25, -0.2) is 4.98 Å². The van der Waals surface area contributed by atoms with Crippen molar-refractivity contribution in [1.82, 2.24) is 9.88 Å². The van der Waals surface area contributed by atoms with Crippen LogP contribution in [-0.2, 0) is 0 Å². The highest BCUT2D eigenvalue weighted by Crippen LogP contribution is 2.78. The fourth-order valence-electron chi connectivity index (χ4n) is 12.3. The van der Waals surface area contributed by atoms with Crippen LogP contribution in [0, 0.1) is 33.5 Å². The Morgan fingerprint density at radius 1 is 0.820 bits per heavy atom. The maximum Gasteiger partial charge on any atom is 0.190 e. The van der Waals surface area contributed by atoms with E-state index in [9.17, 15) is 10.2 Å². The van der Waals surface area contributed by atoms with Gasteiger partial charge in [0.15, 0.2) is 5.78 Å². The van der Waals surface area contributed by atoms with Gasteiger partial charge in [-0.15, -0.1) is 0 Å². The van der Waals surface area contributed by atoms with Crippen LogP contribution in [0.5, 0.6) is 0 Å². The molecular weight excluding hydrogens is 619 g/mol. The summed E-state index contributed by atoms with van der Waals surface area (Å²) in [6.07, 6.45) is 14.7. The second kappa shape index (κ2) is 11.5. The number of fused-ring (bicyclic) bond motifs is 1. The summed E-state index contributed by atoms with van der Waals surface area (Å²) in [5.74, 6) is 1.56. The maximum absolute atomic E-state index is 15.4. The lowest BCUT2D eigenvalue weighted by molar-refractivity contribution is -0.176. The van der Waals surface area contributed by atoms with Crippen molar-refractivity contribution in [1.29, 1.82) is 0 Å². The lowest BCUT2D eigenvalue weighted by Crippen LogP contribution is -2.67. The van der Waals surface area contributed by atoms with Crippen LogP contribution in [0.3, 0.4) is 0 Å². The molecule has 1 unspecified atom stereocenters. The Morgan fingerprint density at radius 3 is 2.30 bits per heavy atom. The van der Waals surface area contributed by atoms with Crippen LogP contribution in [-0.4, -0.2) is 70.3 Å². The molecule has 50 heavy (non-hydrogen) atoms. The van der Waals surface area contributed by atoms with E-state index >= 15 is 4.79 Å². The van der Waals surface area contributed by atoms with Crippen LogP contribution in [0.4, 0.5) is 5.82 Å². The van der Waals surface area contributed by atoms with E-state index < -0.39 is 11.0 Å². The standard InChI is InChI=1S/C44H51N3O3/c1-40-18-15-32(48)28-42(40)21-22-44(35(29-42)39(49)34-13-7-6-12-33(34)31-10-4-3-5-11-31)36(40)16-19-41(2)37(44)17-20-43(41,50)30-46-24-26-47(27-25-46)38-14-8-9-23-45-38/h3-14,21-23,29,32,36-37,48,50H,15-20,24-28,30H2,1-2H3/t32?,36-,37-,40-,41+,42+,43-,44-/m1/s1. The lowest BCUT2D eigenvalue weighted by Gasteiger charge is -2.71. The molecule has 4 fully saturated rings. The van der Waals surface area contributed by atoms with Gasteiger partial charge in [0.25, 0.3) is 0 Å². The van der Waals surface area contributed by atoms with Gasteiger partial charge in [-0.05, 0) is 85.5 Å². The first kappa shape index (κ1) is 32.3. The van der Waals surface area contributed by atoms with Crippen LogP contribution < -0.4 is 4.90 Å². The number of aromatic nitrogens is 1. The van der Waals surface area contributed by atoms with Crippen LogP contribution in [0.25, 0.3) is 11.1 Å². The fourth-order valence-corrected chi connectivity index (χ4v) is 12.3. The number of aliphatic hydroxyl groups excluding tert-OH is 1. The molecule has 8 atom stereocenters. The summed E-state index contributed by atoms with van der Waals surface area (Å²) >= 11 is 0. The van der Waals surface area contributed by atoms with Gasteiger partial charge in [0.05, 0.1) is 11.7 Å². The van der Waals surface area contributed by atoms with Crippen LogP contribution in [0.1, 0.15) is 69.2 Å². The third kappa shape index (κ3) is 4.43. The number of β-amino-alcohol motifs (C(OH)–C–C–N with tert-alkyl or cyclic N) is 1. The zero-order valence-electron chi connectivity index (χ0n) is 29.6. The number of benzene rings is 2. The number of carbonyl (C=O) groups excluding carboxylic acids is 1. The predicted molar refractivity (Wildman–Crippen MR) is 198 cm³/mol. The number of hydrogen-bond acceptors (Lipinski definition) is 6. The molecule has 2 heterocycles. The molecule has 6 aliphatic carbocycles. The number of rotatable bonds is 6. The number of ketones is 1. The smallest absolute Gasteiger partial charge is 0.190 e. The summed E-state index contributed by atoms with van der Waals surface area (Å²) in [6.45, 7) is 9.08. The summed E-state index contributed by atoms with van der Waals surface area (Å²) in [5.41, 5.74) is 1.64. The molecule has 1 aliphatic heterocycles. The number of carbonyl (C=O) groups is 1. The number of aliphatic hydroxyl groups is 2. The Hall–Kier alpha value is -3.58. The third-order valence-electron chi connectivity index (χ3n) is 15.0. The molecule has 7 aliphatic rings. The number of piperazine rings is 1. The lowest BCUT2D eigenvalue weighted by atomic mass is 9.32. The second-order valence-corrected chi connectivity index (χ2v) is 17.0. The highest BCUT2D eigenvalue weighted by molar-refractivity contribution is 6.14. The molecule has 6 heteroatoms. The van der Waals surface area contributed by atoms with Gasteiger partial charge in [0, 0.05) is 66.3 Å². The van der Waals surface area contributed by atoms with Gasteiger partial charge in [-0.3, -0.25) is 9.69 Å². The molecule has 1 saturated heterocycles. The first-order chi connectivity index (χ1) is 24.1. The van der Waals surface area contributed by atoms with E-state index in [0.717, 1.165) is 92.8 Å². The van der Waals surface area contributed by atoms with Crippen molar-refractivity contribution >= 4 is 11.6 Å². The van der Waals surface area contributed by atoms with Gasteiger partial charge >= 0.3 is 0 Å². The molecule has 2 N–H and O–H groups in total. The van der Waals surface area contributed by atoms with Crippen molar-refractivity contribution in [3.8, 4) is 11.1 Å². The normalized spacial score (nSPS) is 39.0. The fraction of sp³-hybridized carbons (Fsp3) is 0.500. The van der Waals surface area contributed by atoms with Crippen molar-refractivity contribution < 1.29 is 15.0 Å². The molecular formula is C44H51N3O3. The minimum Gasteiger partial charge on any atom is -0.393 e. The Bertz CT molecular complexity index is 1850. The quantitative estimate of drug-likeness (QED) is 0.211. The van der Waals surface area contributed by atoms with Gasteiger partial charge < -0.3 is 15.1 Å². The van der Waals surface area contributed by atoms with Gasteiger partial charge in [-0.2, -0.15) is 0 Å². The number of allylic oxidation sites excluding steroid dienone is 4. The topological polar surface area (TPSA) is 76.9 Å². The molecule has 3 saturated carbocycles. The van der Waals surface area contributed by atoms with E-state index in [1.54, 1.807) is 0 Å². The van der Waals surface area contributed by atoms with Crippen molar-refractivity contribution in [2.45, 2.75) is 70.5 Å². The summed E-state index contributed by atoms with van der Waals surface area (Å²) in [6, 6.07) is 24.5. The van der Waals surface area contributed by atoms with Gasteiger partial charge in [0.1, 0.15) is 5.82 Å². The summed E-state index contributed by atoms with van der Waals surface area (Å²) in [7, 11) is 0. The Kier molecular flexibility index (Phi) is 7.41. The summed E-state index contributed by atoms with van der Waals surface area (Å²) in [4.78, 5) is 24.8. The van der Waals surface area contributed by atoms with Gasteiger partial charge in [-0.1, -0.05) is 92.7 Å². The molecule has 10 rings (SSSR count). The Balaban J connectivity index is 1.09. The molecule has 2 spiro atoms. The zero-order chi connectivity index (χ0) is 34.4. The number of pyridine rings is 1. The van der Waals surface area contributed by atoms with E-state index in [1.165, 1.54) is 0 Å². The number of nitrogens with zero attached hydrogens (tertiary/aromatic N) is 3. The maximum atomic E-state index is 15.4. The third-order valence-corrected chi connectivity index (χ3v) is 15.0. The first-order valence-corrected chi connectivity index (χ1v) is 19.0. The minimum absolute atomic E-state index is 0.0481. The van der Waals surface area contributed by atoms with Crippen LogP contribution in [0.15, 0.2) is 103 Å². The van der Waals surface area contributed by atoms with E-state index in [2.05, 4.69) is 71.1 Å². The average Bonchev–Trinajstić information content (AvgIpc) is 3.42. The highest BCUT2D eigenvalue weighted by atomic mass is 16.3. The van der Waals surface area contributed by atoms with E-state index in [0.29, 0.717) is 13.0 Å². The zero-order valence-corrected chi connectivity index (χ0v) is 29.6. The molecule has 3 aromatic rings. The van der Waals surface area contributed by atoms with Crippen molar-refractivity contribution in [3.63, 3.8) is 0 Å². The van der Waals surface area contributed by atoms with Crippen molar-refractivity contribution in [2.24, 2.45) is 33.5 Å². The monoisotopic (exact) mass is 669 g/mol. The predicted octanol–water partition coefficient (Wildman–Crippen LogP) is 7.34. The largest absolute Gasteiger partial charge is 0.393 e.